The summed E-state index contributed by atoms with van der Waals surface area (Å²) in [4.78, 5) is 0. The molecule has 1 aromatic rings. The van der Waals surface area contributed by atoms with Crippen LogP contribution >= 0.6 is 0 Å². The average Bonchev–Trinajstić information content (AvgIpc) is 2.37. The number of nitrogens with one attached hydrogen (secondary N) is 1. The molecule has 0 aliphatic heterocycles. The fourth-order valence-corrected chi connectivity index (χ4v) is 1.80. The fraction of sp³-hybridized carbons (Fsp3) is 0.625. The van der Waals surface area contributed by atoms with Gasteiger partial charge in [-0.1, -0.05) is 32.0 Å². The Balaban J connectivity index is 2.70. The van der Waals surface area contributed by atoms with Crippen LogP contribution in [0, 0.1) is 5.92 Å². The first-order valence-corrected chi connectivity index (χ1v) is 7.06. The van der Waals surface area contributed by atoms with Crippen molar-refractivity contribution in [1.82, 2.24) is 5.32 Å². The normalized spacial score (nSPS) is 16.2. The van der Waals surface area contributed by atoms with E-state index in [1.54, 1.807) is 0 Å². The minimum Gasteiger partial charge on any atom is -0.494 e. The summed E-state index contributed by atoms with van der Waals surface area (Å²) in [6.07, 6.45) is 0. The van der Waals surface area contributed by atoms with E-state index in [2.05, 4.69) is 18.3 Å². The van der Waals surface area contributed by atoms with E-state index >= 15 is 0 Å². The largest absolute Gasteiger partial charge is 0.494 e. The zero-order valence-electron chi connectivity index (χ0n) is 12.7. The highest BCUT2D eigenvalue weighted by Gasteiger charge is 2.25. The van der Waals surface area contributed by atoms with E-state index in [0.29, 0.717) is 13.2 Å². The second-order valence-corrected chi connectivity index (χ2v) is 5.59. The SMILES string of the molecule is CCOc1ccccc1C(C)NCC(C)(O)C(C)C. The summed E-state index contributed by atoms with van der Waals surface area (Å²) in [5.74, 6) is 1.13. The molecule has 2 unspecified atom stereocenters. The molecule has 0 radical (unpaired) electrons. The van der Waals surface area contributed by atoms with E-state index < -0.39 is 5.60 Å². The van der Waals surface area contributed by atoms with Crippen LogP contribution in [0.25, 0.3) is 0 Å². The summed E-state index contributed by atoms with van der Waals surface area (Å²) in [6, 6.07) is 8.18. The van der Waals surface area contributed by atoms with Gasteiger partial charge in [0.25, 0.3) is 0 Å². The van der Waals surface area contributed by atoms with Crippen molar-refractivity contribution in [3.05, 3.63) is 29.8 Å². The van der Waals surface area contributed by atoms with Gasteiger partial charge in [-0.2, -0.15) is 0 Å². The van der Waals surface area contributed by atoms with Crippen molar-refractivity contribution in [2.45, 2.75) is 46.3 Å². The quantitative estimate of drug-likeness (QED) is 0.796. The number of hydrogen-bond donors (Lipinski definition) is 2. The third-order valence-corrected chi connectivity index (χ3v) is 3.70. The number of benzene rings is 1. The van der Waals surface area contributed by atoms with Crippen LogP contribution in [0.5, 0.6) is 5.75 Å². The Morgan fingerprint density at radius 1 is 1.26 bits per heavy atom. The molecule has 0 saturated carbocycles. The van der Waals surface area contributed by atoms with Gasteiger partial charge in [0.15, 0.2) is 0 Å². The van der Waals surface area contributed by atoms with Crippen LogP contribution < -0.4 is 10.1 Å². The molecule has 0 bridgehead atoms. The molecule has 0 fully saturated rings. The molecule has 2 atom stereocenters. The van der Waals surface area contributed by atoms with Gasteiger partial charge in [0.05, 0.1) is 12.2 Å². The molecule has 0 saturated heterocycles. The van der Waals surface area contributed by atoms with Crippen LogP contribution in [-0.4, -0.2) is 23.9 Å². The maximum absolute atomic E-state index is 10.3. The van der Waals surface area contributed by atoms with Crippen LogP contribution in [0.15, 0.2) is 24.3 Å². The van der Waals surface area contributed by atoms with E-state index in [-0.39, 0.29) is 12.0 Å². The molecule has 0 aromatic heterocycles. The van der Waals surface area contributed by atoms with Crippen LogP contribution in [-0.2, 0) is 0 Å². The molecule has 1 aromatic carbocycles. The van der Waals surface area contributed by atoms with Gasteiger partial charge in [-0.05, 0) is 32.8 Å². The van der Waals surface area contributed by atoms with Crippen molar-refractivity contribution in [3.63, 3.8) is 0 Å². The third-order valence-electron chi connectivity index (χ3n) is 3.70. The van der Waals surface area contributed by atoms with E-state index in [1.807, 2.05) is 45.9 Å². The lowest BCUT2D eigenvalue weighted by atomic mass is 9.92. The van der Waals surface area contributed by atoms with Crippen LogP contribution in [0.3, 0.4) is 0 Å². The summed E-state index contributed by atoms with van der Waals surface area (Å²) in [5.41, 5.74) is 0.429. The predicted molar refractivity (Wildman–Crippen MR) is 79.5 cm³/mol. The maximum atomic E-state index is 10.3. The molecule has 0 spiro atoms. The molecule has 19 heavy (non-hydrogen) atoms. The van der Waals surface area contributed by atoms with Crippen molar-refractivity contribution < 1.29 is 9.84 Å². The highest BCUT2D eigenvalue weighted by atomic mass is 16.5. The second kappa shape index (κ2) is 6.92. The molecular formula is C16H27NO2. The van der Waals surface area contributed by atoms with Gasteiger partial charge >= 0.3 is 0 Å². The number of aliphatic hydroxyl groups is 1. The lowest BCUT2D eigenvalue weighted by Crippen LogP contribution is -2.43. The van der Waals surface area contributed by atoms with Crippen molar-refractivity contribution in [2.75, 3.05) is 13.2 Å². The molecule has 0 heterocycles. The molecular weight excluding hydrogens is 238 g/mol. The standard InChI is InChI=1S/C16H27NO2/c1-6-19-15-10-8-7-9-14(15)13(4)17-11-16(5,18)12(2)3/h7-10,12-13,17-18H,6,11H2,1-5H3. The minimum atomic E-state index is -0.700. The molecule has 0 aliphatic carbocycles. The van der Waals surface area contributed by atoms with Crippen LogP contribution in [0.1, 0.15) is 46.2 Å². The first-order valence-electron chi connectivity index (χ1n) is 7.06. The zero-order chi connectivity index (χ0) is 14.5. The number of para-hydroxylation sites is 1. The van der Waals surface area contributed by atoms with E-state index in [0.717, 1.165) is 11.3 Å². The number of hydrogen-bond acceptors (Lipinski definition) is 3. The Labute approximate surface area is 117 Å². The van der Waals surface area contributed by atoms with Crippen molar-refractivity contribution in [1.29, 1.82) is 0 Å². The number of ether oxygens (including phenoxy) is 1. The van der Waals surface area contributed by atoms with Gasteiger partial charge in [-0.25, -0.2) is 0 Å². The van der Waals surface area contributed by atoms with Gasteiger partial charge < -0.3 is 15.2 Å². The Bertz CT molecular complexity index is 388. The van der Waals surface area contributed by atoms with Gasteiger partial charge in [0.1, 0.15) is 5.75 Å². The lowest BCUT2D eigenvalue weighted by Gasteiger charge is -2.30. The zero-order valence-corrected chi connectivity index (χ0v) is 12.7. The molecule has 3 heteroatoms. The average molecular weight is 265 g/mol. The van der Waals surface area contributed by atoms with Gasteiger partial charge in [0.2, 0.25) is 0 Å². The number of rotatable bonds is 7. The van der Waals surface area contributed by atoms with E-state index in [4.69, 9.17) is 4.74 Å². The third kappa shape index (κ3) is 4.51. The monoisotopic (exact) mass is 265 g/mol. The Hall–Kier alpha value is -1.06. The lowest BCUT2D eigenvalue weighted by molar-refractivity contribution is 0.0121. The highest BCUT2D eigenvalue weighted by molar-refractivity contribution is 5.35. The first kappa shape index (κ1) is 16.0. The van der Waals surface area contributed by atoms with Crippen LogP contribution in [0.4, 0.5) is 0 Å². The van der Waals surface area contributed by atoms with Crippen LogP contribution in [0.2, 0.25) is 0 Å². The molecule has 1 rings (SSSR count). The smallest absolute Gasteiger partial charge is 0.124 e. The van der Waals surface area contributed by atoms with Crippen molar-refractivity contribution in [2.24, 2.45) is 5.92 Å². The van der Waals surface area contributed by atoms with E-state index in [1.165, 1.54) is 0 Å². The fourth-order valence-electron chi connectivity index (χ4n) is 1.80. The predicted octanol–water partition coefficient (Wildman–Crippen LogP) is 3.14. The van der Waals surface area contributed by atoms with Crippen molar-refractivity contribution in [3.8, 4) is 5.75 Å². The Morgan fingerprint density at radius 3 is 2.47 bits per heavy atom. The molecule has 108 valence electrons. The summed E-state index contributed by atoms with van der Waals surface area (Å²) < 4.78 is 5.64. The highest BCUT2D eigenvalue weighted by Crippen LogP contribution is 2.25. The Morgan fingerprint density at radius 2 is 1.89 bits per heavy atom. The van der Waals surface area contributed by atoms with Gasteiger partial charge in [-0.3, -0.25) is 0 Å². The summed E-state index contributed by atoms with van der Waals surface area (Å²) in [6.45, 7) is 11.2. The van der Waals surface area contributed by atoms with Gasteiger partial charge in [-0.15, -0.1) is 0 Å². The first-order chi connectivity index (χ1) is 8.88. The topological polar surface area (TPSA) is 41.5 Å². The summed E-state index contributed by atoms with van der Waals surface area (Å²) >= 11 is 0. The Kier molecular flexibility index (Phi) is 5.83. The maximum Gasteiger partial charge on any atom is 0.124 e. The van der Waals surface area contributed by atoms with Crippen molar-refractivity contribution >= 4 is 0 Å². The molecule has 0 amide bonds. The molecule has 2 N–H and O–H groups in total. The summed E-state index contributed by atoms with van der Waals surface area (Å²) in [7, 11) is 0. The molecule has 0 aliphatic rings. The molecule has 3 nitrogen and oxygen atoms in total. The second-order valence-electron chi connectivity index (χ2n) is 5.59. The van der Waals surface area contributed by atoms with E-state index in [9.17, 15) is 5.11 Å². The minimum absolute atomic E-state index is 0.146. The summed E-state index contributed by atoms with van der Waals surface area (Å²) in [5, 5.41) is 13.7. The van der Waals surface area contributed by atoms with Gasteiger partial charge in [0, 0.05) is 18.2 Å².